The quantitative estimate of drug-likeness (QED) is 0.362. The summed E-state index contributed by atoms with van der Waals surface area (Å²) in [5.41, 5.74) is 6.86. The van der Waals surface area contributed by atoms with Gasteiger partial charge in [0.05, 0.1) is 6.33 Å². The number of imidazole rings is 1. The highest BCUT2D eigenvalue weighted by Gasteiger charge is 2.49. The van der Waals surface area contributed by atoms with Crippen molar-refractivity contribution in [1.29, 1.82) is 0 Å². The normalized spacial score (nSPS) is 26.8. The predicted octanol–water partition coefficient (Wildman–Crippen LogP) is -1.49. The van der Waals surface area contributed by atoms with Crippen LogP contribution in [0.4, 0.5) is 5.82 Å². The minimum Gasteiger partial charge on any atom is -0.459 e. The van der Waals surface area contributed by atoms with Crippen LogP contribution in [-0.2, 0) is 14.3 Å². The van der Waals surface area contributed by atoms with Gasteiger partial charge in [0.25, 0.3) is 0 Å². The molecule has 0 aromatic carbocycles. The molecule has 0 radical (unpaired) electrons. The number of nitrogens with zero attached hydrogens (tertiary/aromatic N) is 4. The monoisotopic (exact) mass is 365 g/mol. The summed E-state index contributed by atoms with van der Waals surface area (Å²) in [6, 6.07) is 0. The first-order valence-corrected chi connectivity index (χ1v) is 7.75. The number of nitrogens with two attached hydrogens (primary N) is 1. The van der Waals surface area contributed by atoms with Crippen molar-refractivity contribution in [2.24, 2.45) is 0 Å². The standard InChI is InChI=1S/C15H19N5O6/c1-6(2)3-25-15(24)10(23)11-8(21)9(22)14(26-11)20-5-19-7-12(16)17-4-18-13(7)20/h4-5,8-11,14,21-23H,1,3H2,2H3,(H2,16,17,18)/t8-,9+,10?,11-,14+/m0/s1. The van der Waals surface area contributed by atoms with Gasteiger partial charge in [-0.25, -0.2) is 19.7 Å². The van der Waals surface area contributed by atoms with Crippen LogP contribution in [0.5, 0.6) is 0 Å². The van der Waals surface area contributed by atoms with E-state index in [4.69, 9.17) is 15.2 Å². The maximum absolute atomic E-state index is 11.9. The molecule has 11 heteroatoms. The number of esters is 1. The largest absolute Gasteiger partial charge is 0.459 e. The van der Waals surface area contributed by atoms with E-state index in [0.717, 1.165) is 0 Å². The Bertz CT molecular complexity index is 839. The number of hydrogen-bond acceptors (Lipinski definition) is 10. The first kappa shape index (κ1) is 18.2. The van der Waals surface area contributed by atoms with Gasteiger partial charge in [-0.3, -0.25) is 4.57 Å². The van der Waals surface area contributed by atoms with Crippen molar-refractivity contribution in [3.8, 4) is 0 Å². The molecule has 3 heterocycles. The van der Waals surface area contributed by atoms with Crippen LogP contribution in [0.1, 0.15) is 13.2 Å². The topological polar surface area (TPSA) is 166 Å². The van der Waals surface area contributed by atoms with E-state index in [9.17, 15) is 20.1 Å². The number of aliphatic hydroxyl groups excluding tert-OH is 3. The second-order valence-corrected chi connectivity index (χ2v) is 6.07. The second kappa shape index (κ2) is 6.96. The van der Waals surface area contributed by atoms with Gasteiger partial charge in [0, 0.05) is 0 Å². The van der Waals surface area contributed by atoms with Crippen LogP contribution in [0, 0.1) is 0 Å². The van der Waals surface area contributed by atoms with Crippen molar-refractivity contribution in [2.45, 2.75) is 37.6 Å². The van der Waals surface area contributed by atoms with E-state index in [1.165, 1.54) is 17.2 Å². The average Bonchev–Trinajstić information content (AvgIpc) is 3.15. The third kappa shape index (κ3) is 3.12. The zero-order valence-electron chi connectivity index (χ0n) is 13.9. The van der Waals surface area contributed by atoms with Crippen molar-refractivity contribution >= 4 is 23.0 Å². The van der Waals surface area contributed by atoms with Crippen molar-refractivity contribution in [3.05, 3.63) is 24.8 Å². The Hall–Kier alpha value is -2.60. The summed E-state index contributed by atoms with van der Waals surface area (Å²) in [7, 11) is 0. The lowest BCUT2D eigenvalue weighted by Crippen LogP contribution is -2.43. The summed E-state index contributed by atoms with van der Waals surface area (Å²) in [5.74, 6) is -0.853. The molecule has 2 aromatic rings. The molecule has 5 N–H and O–H groups in total. The van der Waals surface area contributed by atoms with Crippen LogP contribution < -0.4 is 5.73 Å². The van der Waals surface area contributed by atoms with Crippen LogP contribution in [0.2, 0.25) is 0 Å². The summed E-state index contributed by atoms with van der Waals surface area (Å²) in [6.45, 7) is 5.16. The smallest absolute Gasteiger partial charge is 0.338 e. The highest BCUT2D eigenvalue weighted by atomic mass is 16.6. The second-order valence-electron chi connectivity index (χ2n) is 6.07. The Kier molecular flexibility index (Phi) is 4.87. The van der Waals surface area contributed by atoms with E-state index in [1.807, 2.05) is 0 Å². The Morgan fingerprint density at radius 1 is 1.42 bits per heavy atom. The van der Waals surface area contributed by atoms with Gasteiger partial charge in [-0.05, 0) is 12.5 Å². The van der Waals surface area contributed by atoms with Gasteiger partial charge in [0.2, 0.25) is 0 Å². The molecule has 1 aliphatic heterocycles. The first-order valence-electron chi connectivity index (χ1n) is 7.75. The van der Waals surface area contributed by atoms with Gasteiger partial charge in [-0.1, -0.05) is 6.58 Å². The van der Waals surface area contributed by atoms with E-state index >= 15 is 0 Å². The minimum absolute atomic E-state index is 0.0763. The number of carbonyl (C=O) groups excluding carboxylic acids is 1. The Morgan fingerprint density at radius 2 is 2.15 bits per heavy atom. The molecule has 1 aliphatic rings. The third-order valence-electron chi connectivity index (χ3n) is 3.95. The SMILES string of the molecule is C=C(C)COC(=O)C(O)[C@H]1O[C@@H](n2cnc3c(N)ncnc32)[C@H](O)[C@@H]1O. The number of rotatable bonds is 5. The lowest BCUT2D eigenvalue weighted by Gasteiger charge is -2.19. The summed E-state index contributed by atoms with van der Waals surface area (Å²) in [6.07, 6.45) is -4.79. The number of anilines is 1. The Labute approximate surface area is 147 Å². The highest BCUT2D eigenvalue weighted by molar-refractivity contribution is 5.81. The van der Waals surface area contributed by atoms with Gasteiger partial charge in [0.15, 0.2) is 23.8 Å². The molecule has 1 fully saturated rings. The lowest BCUT2D eigenvalue weighted by atomic mass is 10.1. The molecule has 0 saturated carbocycles. The molecule has 0 aliphatic carbocycles. The molecule has 26 heavy (non-hydrogen) atoms. The van der Waals surface area contributed by atoms with Crippen LogP contribution in [0.15, 0.2) is 24.8 Å². The van der Waals surface area contributed by atoms with E-state index < -0.39 is 36.6 Å². The van der Waals surface area contributed by atoms with Gasteiger partial charge in [-0.15, -0.1) is 0 Å². The minimum atomic E-state index is -1.79. The molecule has 0 bridgehead atoms. The number of aromatic nitrogens is 4. The van der Waals surface area contributed by atoms with E-state index in [-0.39, 0.29) is 18.1 Å². The predicted molar refractivity (Wildman–Crippen MR) is 87.4 cm³/mol. The van der Waals surface area contributed by atoms with Gasteiger partial charge in [0.1, 0.15) is 36.8 Å². The van der Waals surface area contributed by atoms with Crippen molar-refractivity contribution < 1.29 is 29.6 Å². The third-order valence-corrected chi connectivity index (χ3v) is 3.95. The Balaban J connectivity index is 1.82. The van der Waals surface area contributed by atoms with E-state index in [1.54, 1.807) is 6.92 Å². The van der Waals surface area contributed by atoms with Gasteiger partial charge >= 0.3 is 5.97 Å². The fourth-order valence-corrected chi connectivity index (χ4v) is 2.65. The molecule has 3 rings (SSSR count). The zero-order valence-corrected chi connectivity index (χ0v) is 13.9. The molecule has 2 aromatic heterocycles. The van der Waals surface area contributed by atoms with E-state index in [0.29, 0.717) is 11.1 Å². The van der Waals surface area contributed by atoms with Crippen molar-refractivity contribution in [2.75, 3.05) is 12.3 Å². The zero-order chi connectivity index (χ0) is 19.0. The summed E-state index contributed by atoms with van der Waals surface area (Å²) >= 11 is 0. The van der Waals surface area contributed by atoms with Gasteiger partial charge in [-0.2, -0.15) is 0 Å². The lowest BCUT2D eigenvalue weighted by molar-refractivity contribution is -0.165. The number of ether oxygens (including phenoxy) is 2. The van der Waals surface area contributed by atoms with Crippen molar-refractivity contribution in [1.82, 2.24) is 19.5 Å². The summed E-state index contributed by atoms with van der Waals surface area (Å²) in [4.78, 5) is 23.8. The molecule has 0 amide bonds. The fourth-order valence-electron chi connectivity index (χ4n) is 2.65. The van der Waals surface area contributed by atoms with Crippen LogP contribution in [-0.4, -0.2) is 71.8 Å². The van der Waals surface area contributed by atoms with E-state index in [2.05, 4.69) is 21.5 Å². The fraction of sp³-hybridized carbons (Fsp3) is 0.467. The molecule has 140 valence electrons. The maximum Gasteiger partial charge on any atom is 0.338 e. The molecule has 5 atom stereocenters. The van der Waals surface area contributed by atoms with Crippen LogP contribution in [0.25, 0.3) is 11.2 Å². The molecular weight excluding hydrogens is 346 g/mol. The molecule has 1 unspecified atom stereocenters. The van der Waals surface area contributed by atoms with Crippen LogP contribution >= 0.6 is 0 Å². The number of aliphatic hydroxyl groups is 3. The summed E-state index contributed by atoms with van der Waals surface area (Å²) in [5, 5.41) is 30.6. The average molecular weight is 365 g/mol. The van der Waals surface area contributed by atoms with Crippen molar-refractivity contribution in [3.63, 3.8) is 0 Å². The maximum atomic E-state index is 11.9. The number of carbonyl (C=O) groups is 1. The first-order chi connectivity index (χ1) is 12.3. The molecular formula is C15H19N5O6. The number of fused-ring (bicyclic) bond motifs is 1. The van der Waals surface area contributed by atoms with Crippen LogP contribution in [0.3, 0.4) is 0 Å². The molecule has 0 spiro atoms. The summed E-state index contributed by atoms with van der Waals surface area (Å²) < 4.78 is 11.7. The van der Waals surface area contributed by atoms with Gasteiger partial charge < -0.3 is 30.5 Å². The molecule has 11 nitrogen and oxygen atoms in total. The number of nitrogen functional groups attached to an aromatic ring is 1. The highest BCUT2D eigenvalue weighted by Crippen LogP contribution is 2.33. The Morgan fingerprint density at radius 3 is 2.85 bits per heavy atom. The molecule has 1 saturated heterocycles. The number of hydrogen-bond donors (Lipinski definition) is 4.